The molecule has 0 aromatic heterocycles. The molecule has 0 saturated heterocycles. The maximum absolute atomic E-state index is 5.57. The minimum atomic E-state index is 0.595. The number of hydrogen-bond acceptors (Lipinski definition) is 2. The van der Waals surface area contributed by atoms with Crippen molar-refractivity contribution < 1.29 is 9.47 Å². The molecule has 0 N–H and O–H groups in total. The lowest BCUT2D eigenvalue weighted by Gasteiger charge is -2.05. The molecule has 0 aliphatic rings. The summed E-state index contributed by atoms with van der Waals surface area (Å²) in [6.45, 7) is 6.03. The second kappa shape index (κ2) is 7.07. The lowest BCUT2D eigenvalue weighted by molar-refractivity contribution is 0.177. The maximum atomic E-state index is 5.57. The number of hydrogen-bond donors (Lipinski definition) is 0. The molecule has 0 aliphatic heterocycles. The van der Waals surface area contributed by atoms with Gasteiger partial charge in [0.05, 0.1) is 6.61 Å². The largest absolute Gasteiger partial charge is 0.489 e. The predicted molar refractivity (Wildman–Crippen MR) is 62.3 cm³/mol. The Kier molecular flexibility index (Phi) is 5.56. The normalized spacial score (nSPS) is 10.8. The predicted octanol–water partition coefficient (Wildman–Crippen LogP) is 2.97. The molecule has 82 valence electrons. The highest BCUT2D eigenvalue weighted by molar-refractivity contribution is 5.31. The minimum Gasteiger partial charge on any atom is -0.489 e. The molecule has 0 unspecified atom stereocenters. The topological polar surface area (TPSA) is 18.5 Å². The van der Waals surface area contributed by atoms with Crippen LogP contribution in [0.25, 0.3) is 0 Å². The van der Waals surface area contributed by atoms with Crippen LogP contribution in [0.2, 0.25) is 0 Å². The molecule has 0 spiro atoms. The number of para-hydroxylation sites is 1. The van der Waals surface area contributed by atoms with Crippen LogP contribution in [0.1, 0.15) is 12.5 Å². The van der Waals surface area contributed by atoms with Crippen LogP contribution in [0, 0.1) is 6.92 Å². The van der Waals surface area contributed by atoms with Crippen molar-refractivity contribution in [2.75, 3.05) is 19.8 Å². The van der Waals surface area contributed by atoms with Gasteiger partial charge in [0.25, 0.3) is 0 Å². The summed E-state index contributed by atoms with van der Waals surface area (Å²) in [5.41, 5.74) is 1.16. The van der Waals surface area contributed by atoms with E-state index in [9.17, 15) is 0 Å². The Morgan fingerprint density at radius 1 is 1.13 bits per heavy atom. The highest BCUT2D eigenvalue weighted by atomic mass is 16.5. The van der Waals surface area contributed by atoms with Crippen LogP contribution in [0.4, 0.5) is 0 Å². The van der Waals surface area contributed by atoms with Gasteiger partial charge in [-0.2, -0.15) is 0 Å². The maximum Gasteiger partial charge on any atom is 0.122 e. The van der Waals surface area contributed by atoms with Gasteiger partial charge in [0.2, 0.25) is 0 Å². The van der Waals surface area contributed by atoms with Crippen LogP contribution >= 0.6 is 0 Å². The van der Waals surface area contributed by atoms with E-state index in [2.05, 4.69) is 0 Å². The SMILES string of the molecule is CCOC/C=C/COc1ccccc1C. The Bertz CT molecular complexity index is 305. The van der Waals surface area contributed by atoms with E-state index in [4.69, 9.17) is 9.47 Å². The van der Waals surface area contributed by atoms with Crippen molar-refractivity contribution in [2.45, 2.75) is 13.8 Å². The Balaban J connectivity index is 2.26. The first-order valence-corrected chi connectivity index (χ1v) is 5.25. The second-order valence-corrected chi connectivity index (χ2v) is 3.21. The lowest BCUT2D eigenvalue weighted by atomic mass is 10.2. The molecule has 0 atom stereocenters. The second-order valence-electron chi connectivity index (χ2n) is 3.21. The van der Waals surface area contributed by atoms with Crippen LogP contribution < -0.4 is 4.74 Å². The van der Waals surface area contributed by atoms with Crippen LogP contribution in [-0.2, 0) is 4.74 Å². The van der Waals surface area contributed by atoms with Crippen LogP contribution in [0.5, 0.6) is 5.75 Å². The average Bonchev–Trinajstić information content (AvgIpc) is 2.25. The van der Waals surface area contributed by atoms with E-state index in [1.54, 1.807) is 0 Å². The molecule has 0 heterocycles. The van der Waals surface area contributed by atoms with Crippen molar-refractivity contribution in [2.24, 2.45) is 0 Å². The van der Waals surface area contributed by atoms with Crippen molar-refractivity contribution in [1.82, 2.24) is 0 Å². The van der Waals surface area contributed by atoms with E-state index in [0.717, 1.165) is 17.9 Å². The van der Waals surface area contributed by atoms with Gasteiger partial charge in [-0.05, 0) is 31.6 Å². The van der Waals surface area contributed by atoms with E-state index in [-0.39, 0.29) is 0 Å². The first-order chi connectivity index (χ1) is 7.34. The van der Waals surface area contributed by atoms with Gasteiger partial charge < -0.3 is 9.47 Å². The Hall–Kier alpha value is -1.28. The number of aryl methyl sites for hydroxylation is 1. The molecular weight excluding hydrogens is 188 g/mol. The molecule has 1 rings (SSSR count). The van der Waals surface area contributed by atoms with Crippen molar-refractivity contribution in [3.05, 3.63) is 42.0 Å². The third-order valence-corrected chi connectivity index (χ3v) is 2.01. The molecule has 0 bridgehead atoms. The zero-order valence-corrected chi connectivity index (χ0v) is 9.40. The third-order valence-electron chi connectivity index (χ3n) is 2.01. The smallest absolute Gasteiger partial charge is 0.122 e. The van der Waals surface area contributed by atoms with Crippen LogP contribution in [0.3, 0.4) is 0 Å². The van der Waals surface area contributed by atoms with Crippen molar-refractivity contribution in [1.29, 1.82) is 0 Å². The molecule has 2 heteroatoms. The summed E-state index contributed by atoms with van der Waals surface area (Å²) in [6.07, 6.45) is 3.95. The van der Waals surface area contributed by atoms with E-state index >= 15 is 0 Å². The number of ether oxygens (including phenoxy) is 2. The fraction of sp³-hybridized carbons (Fsp3) is 0.385. The van der Waals surface area contributed by atoms with Crippen molar-refractivity contribution in [3.63, 3.8) is 0 Å². The molecule has 1 aromatic carbocycles. The fourth-order valence-corrected chi connectivity index (χ4v) is 1.18. The number of rotatable bonds is 6. The molecule has 2 nitrogen and oxygen atoms in total. The van der Waals surface area contributed by atoms with E-state index in [1.165, 1.54) is 0 Å². The highest BCUT2D eigenvalue weighted by Crippen LogP contribution is 2.15. The zero-order valence-electron chi connectivity index (χ0n) is 9.40. The summed E-state index contributed by atoms with van der Waals surface area (Å²) >= 11 is 0. The van der Waals surface area contributed by atoms with Gasteiger partial charge >= 0.3 is 0 Å². The van der Waals surface area contributed by atoms with E-state index < -0.39 is 0 Å². The molecule has 0 saturated carbocycles. The molecule has 0 amide bonds. The standard InChI is InChI=1S/C13H18O2/c1-3-14-10-6-7-11-15-13-9-5-4-8-12(13)2/h4-9H,3,10-11H2,1-2H3/b7-6+. The summed E-state index contributed by atoms with van der Waals surface area (Å²) < 4.78 is 10.7. The number of benzene rings is 1. The monoisotopic (exact) mass is 206 g/mol. The van der Waals surface area contributed by atoms with Gasteiger partial charge in [0.15, 0.2) is 0 Å². The minimum absolute atomic E-state index is 0.595. The van der Waals surface area contributed by atoms with Crippen LogP contribution in [0.15, 0.2) is 36.4 Å². The van der Waals surface area contributed by atoms with Gasteiger partial charge in [0.1, 0.15) is 12.4 Å². The lowest BCUT2D eigenvalue weighted by Crippen LogP contribution is -1.96. The van der Waals surface area contributed by atoms with Crippen LogP contribution in [-0.4, -0.2) is 19.8 Å². The van der Waals surface area contributed by atoms with Crippen molar-refractivity contribution >= 4 is 0 Å². The first kappa shape index (κ1) is 11.8. The molecule has 1 aromatic rings. The van der Waals surface area contributed by atoms with Crippen molar-refractivity contribution in [3.8, 4) is 5.75 Å². The summed E-state index contributed by atoms with van der Waals surface area (Å²) in [4.78, 5) is 0. The summed E-state index contributed by atoms with van der Waals surface area (Å²) in [6, 6.07) is 8.00. The molecular formula is C13H18O2. The van der Waals surface area contributed by atoms with Gasteiger partial charge in [-0.1, -0.05) is 24.3 Å². The summed E-state index contributed by atoms with van der Waals surface area (Å²) in [5, 5.41) is 0. The molecule has 0 fully saturated rings. The summed E-state index contributed by atoms with van der Waals surface area (Å²) in [7, 11) is 0. The molecule has 15 heavy (non-hydrogen) atoms. The Morgan fingerprint density at radius 2 is 1.87 bits per heavy atom. The Labute approximate surface area is 91.5 Å². The Morgan fingerprint density at radius 3 is 2.60 bits per heavy atom. The van der Waals surface area contributed by atoms with E-state index in [0.29, 0.717) is 13.2 Å². The quantitative estimate of drug-likeness (QED) is 0.526. The van der Waals surface area contributed by atoms with Gasteiger partial charge in [-0.25, -0.2) is 0 Å². The first-order valence-electron chi connectivity index (χ1n) is 5.25. The third kappa shape index (κ3) is 4.66. The summed E-state index contributed by atoms with van der Waals surface area (Å²) in [5.74, 6) is 0.943. The van der Waals surface area contributed by atoms with Gasteiger partial charge in [-0.15, -0.1) is 0 Å². The zero-order chi connectivity index (χ0) is 10.9. The highest BCUT2D eigenvalue weighted by Gasteiger charge is 1.94. The van der Waals surface area contributed by atoms with E-state index in [1.807, 2.05) is 50.3 Å². The van der Waals surface area contributed by atoms with Gasteiger partial charge in [0, 0.05) is 6.61 Å². The fourth-order valence-electron chi connectivity index (χ4n) is 1.18. The average molecular weight is 206 g/mol. The molecule has 0 aliphatic carbocycles. The van der Waals surface area contributed by atoms with Gasteiger partial charge in [-0.3, -0.25) is 0 Å². The molecule has 0 radical (unpaired) electrons.